The zero-order valence-corrected chi connectivity index (χ0v) is 26.1. The van der Waals surface area contributed by atoms with Gasteiger partial charge in [-0.1, -0.05) is 44.9 Å². The van der Waals surface area contributed by atoms with Gasteiger partial charge in [0.2, 0.25) is 11.8 Å². The highest BCUT2D eigenvalue weighted by Crippen LogP contribution is 2.67. The molecule has 1 aromatic carbocycles. The molecule has 43 heavy (non-hydrogen) atoms. The molecule has 0 aliphatic heterocycles. The highest BCUT2D eigenvalue weighted by molar-refractivity contribution is 5.93. The molecule has 228 valence electrons. The number of nitrogens with zero attached hydrogens (tertiary/aromatic N) is 1. The molecule has 2 atom stereocenters. The van der Waals surface area contributed by atoms with Crippen LogP contribution in [0.5, 0.6) is 0 Å². The van der Waals surface area contributed by atoms with E-state index in [4.69, 9.17) is 4.42 Å². The van der Waals surface area contributed by atoms with Gasteiger partial charge >= 0.3 is 0 Å². The van der Waals surface area contributed by atoms with Gasteiger partial charge in [0.05, 0.1) is 12.8 Å². The average molecular weight is 582 g/mol. The third kappa shape index (κ3) is 4.41. The first kappa shape index (κ1) is 27.5. The van der Waals surface area contributed by atoms with Crippen LogP contribution in [0.3, 0.4) is 0 Å². The Bertz CT molecular complexity index is 1510. The third-order valence-electron chi connectivity index (χ3n) is 12.7. The largest absolute Gasteiger partial charge is 0.467 e. The minimum Gasteiger partial charge on any atom is -0.467 e. The predicted molar refractivity (Wildman–Crippen MR) is 167 cm³/mol. The monoisotopic (exact) mass is 581 g/mol. The maximum atomic E-state index is 14.7. The van der Waals surface area contributed by atoms with Crippen molar-refractivity contribution >= 4 is 22.7 Å². The van der Waals surface area contributed by atoms with E-state index in [-0.39, 0.29) is 28.7 Å². The van der Waals surface area contributed by atoms with Crippen LogP contribution in [0.25, 0.3) is 10.9 Å². The second-order valence-corrected chi connectivity index (χ2v) is 15.8. The van der Waals surface area contributed by atoms with Gasteiger partial charge in [-0.05, 0) is 117 Å². The number of aryl methyl sites for hydroxylation is 1. The van der Waals surface area contributed by atoms with Crippen molar-refractivity contribution < 1.29 is 14.0 Å². The van der Waals surface area contributed by atoms with Crippen LogP contribution in [0.1, 0.15) is 107 Å². The smallest absolute Gasteiger partial charge is 0.246 e. The quantitative estimate of drug-likeness (QED) is 0.287. The number of hydrogen-bond donors (Lipinski definition) is 2. The summed E-state index contributed by atoms with van der Waals surface area (Å²) in [5, 5.41) is 4.97. The number of carbonyl (C=O) groups excluding carboxylic acids is 2. The van der Waals surface area contributed by atoms with Gasteiger partial charge in [-0.25, -0.2) is 0 Å². The first-order chi connectivity index (χ1) is 20.7. The summed E-state index contributed by atoms with van der Waals surface area (Å²) >= 11 is 0. The zero-order chi connectivity index (χ0) is 29.6. The van der Waals surface area contributed by atoms with E-state index < -0.39 is 5.54 Å². The van der Waals surface area contributed by atoms with Gasteiger partial charge in [-0.3, -0.25) is 9.59 Å². The Morgan fingerprint density at radius 3 is 2.30 bits per heavy atom. The summed E-state index contributed by atoms with van der Waals surface area (Å²) in [7, 11) is 0. The molecule has 6 heteroatoms. The fourth-order valence-electron chi connectivity index (χ4n) is 10.9. The minimum atomic E-state index is -0.807. The Hall–Kier alpha value is -3.02. The molecule has 6 aliphatic carbocycles. The molecule has 4 bridgehead atoms. The first-order valence-electron chi connectivity index (χ1n) is 16.9. The summed E-state index contributed by atoms with van der Waals surface area (Å²) in [5.41, 5.74) is 2.84. The van der Waals surface area contributed by atoms with Crippen LogP contribution in [0.15, 0.2) is 47.1 Å². The number of H-pyrrole nitrogens is 1. The molecule has 6 fully saturated rings. The molecule has 2 amide bonds. The number of hydrogen-bond acceptors (Lipinski definition) is 3. The van der Waals surface area contributed by atoms with Crippen LogP contribution >= 0.6 is 0 Å². The molecule has 6 aliphatic rings. The van der Waals surface area contributed by atoms with Crippen LogP contribution in [0.2, 0.25) is 0 Å². The van der Waals surface area contributed by atoms with Crippen LogP contribution < -0.4 is 5.32 Å². The van der Waals surface area contributed by atoms with Crippen molar-refractivity contribution in [2.45, 2.75) is 115 Å². The molecular formula is C37H47N3O3. The summed E-state index contributed by atoms with van der Waals surface area (Å²) in [6, 6.07) is 12.3. The van der Waals surface area contributed by atoms with E-state index in [0.29, 0.717) is 18.9 Å². The van der Waals surface area contributed by atoms with E-state index in [9.17, 15) is 9.59 Å². The normalized spacial score (nSPS) is 33.1. The predicted octanol–water partition coefficient (Wildman–Crippen LogP) is 7.63. The Kier molecular flexibility index (Phi) is 6.23. The highest BCUT2D eigenvalue weighted by atomic mass is 16.3. The maximum absolute atomic E-state index is 14.7. The number of carbonyl (C=O) groups is 2. The van der Waals surface area contributed by atoms with E-state index in [1.165, 1.54) is 35.9 Å². The van der Waals surface area contributed by atoms with Crippen molar-refractivity contribution in [1.82, 2.24) is 15.2 Å². The van der Waals surface area contributed by atoms with E-state index in [2.05, 4.69) is 55.3 Å². The standard InChI is InChI=1S/C37H47N3O3/c1-23-32(28-10-4-5-11-30(28)38-23)33-29(35(33,2)3)18-31(41)40(22-27-9-8-14-43-27)37(12-6-7-13-37)34(42)39-36-19-24-15-25(20-36)17-26(16-24)21-36/h4-5,8-11,14,24-26,29,33,38H,6-7,12-13,15-22H2,1-3H3,(H,39,42). The van der Waals surface area contributed by atoms with Gasteiger partial charge < -0.3 is 19.6 Å². The maximum Gasteiger partial charge on any atom is 0.246 e. The second-order valence-electron chi connectivity index (χ2n) is 15.8. The number of benzene rings is 1. The fourth-order valence-corrected chi connectivity index (χ4v) is 10.9. The molecule has 2 aromatic heterocycles. The lowest BCUT2D eigenvalue weighted by Crippen LogP contribution is -2.66. The number of amides is 2. The SMILES string of the molecule is Cc1[nH]c2ccccc2c1C1C(CC(=O)N(Cc2ccco2)C2(C(=O)NC34CC5CC(CC(C5)C3)C4)CCCC2)C1(C)C. The molecule has 0 spiro atoms. The van der Waals surface area contributed by atoms with E-state index in [1.807, 2.05) is 17.0 Å². The van der Waals surface area contributed by atoms with Gasteiger partial charge in [0, 0.05) is 28.6 Å². The van der Waals surface area contributed by atoms with Crippen LogP contribution in [0, 0.1) is 36.0 Å². The molecule has 6 saturated carbocycles. The van der Waals surface area contributed by atoms with Crippen molar-refractivity contribution in [2.24, 2.45) is 29.1 Å². The van der Waals surface area contributed by atoms with E-state index in [0.717, 1.165) is 74.0 Å². The summed E-state index contributed by atoms with van der Waals surface area (Å²) in [5.74, 6) is 3.75. The summed E-state index contributed by atoms with van der Waals surface area (Å²) < 4.78 is 5.81. The molecule has 2 N–H and O–H groups in total. The average Bonchev–Trinajstić information content (AvgIpc) is 3.53. The molecule has 3 aromatic rings. The lowest BCUT2D eigenvalue weighted by molar-refractivity contribution is -0.152. The first-order valence-corrected chi connectivity index (χ1v) is 16.9. The Labute approximate surface area is 255 Å². The fraction of sp³-hybridized carbons (Fsp3) is 0.622. The van der Waals surface area contributed by atoms with Crippen molar-refractivity contribution in [3.63, 3.8) is 0 Å². The second kappa shape index (κ2) is 9.74. The molecule has 2 unspecified atom stereocenters. The van der Waals surface area contributed by atoms with Crippen LogP contribution in [0.4, 0.5) is 0 Å². The van der Waals surface area contributed by atoms with Crippen molar-refractivity contribution in [2.75, 3.05) is 0 Å². The Morgan fingerprint density at radius 1 is 0.977 bits per heavy atom. The number of fused-ring (bicyclic) bond motifs is 1. The summed E-state index contributed by atoms with van der Waals surface area (Å²) in [6.07, 6.45) is 12.9. The van der Waals surface area contributed by atoms with Gasteiger partial charge in [-0.2, -0.15) is 0 Å². The topological polar surface area (TPSA) is 78.3 Å². The van der Waals surface area contributed by atoms with Gasteiger partial charge in [0.15, 0.2) is 0 Å². The number of furan rings is 1. The Morgan fingerprint density at radius 2 is 1.65 bits per heavy atom. The molecular weight excluding hydrogens is 534 g/mol. The van der Waals surface area contributed by atoms with Crippen LogP contribution in [-0.2, 0) is 16.1 Å². The molecule has 9 rings (SSSR count). The number of aromatic amines is 1. The summed E-state index contributed by atoms with van der Waals surface area (Å²) in [4.78, 5) is 34.8. The van der Waals surface area contributed by atoms with Crippen LogP contribution in [-0.4, -0.2) is 32.8 Å². The molecule has 6 nitrogen and oxygen atoms in total. The van der Waals surface area contributed by atoms with Gasteiger partial charge in [0.25, 0.3) is 0 Å². The zero-order valence-electron chi connectivity index (χ0n) is 26.1. The van der Waals surface area contributed by atoms with E-state index in [1.54, 1.807) is 6.26 Å². The molecule has 0 radical (unpaired) electrons. The lowest BCUT2D eigenvalue weighted by Gasteiger charge is -2.57. The minimum absolute atomic E-state index is 0.00598. The molecule has 2 heterocycles. The number of nitrogens with one attached hydrogen (secondary N) is 2. The lowest BCUT2D eigenvalue weighted by atomic mass is 9.53. The number of para-hydroxylation sites is 1. The number of rotatable bonds is 8. The van der Waals surface area contributed by atoms with Gasteiger partial charge in [-0.15, -0.1) is 0 Å². The number of aromatic nitrogens is 1. The Balaban J connectivity index is 1.09. The van der Waals surface area contributed by atoms with Gasteiger partial charge in [0.1, 0.15) is 11.3 Å². The van der Waals surface area contributed by atoms with Crippen molar-refractivity contribution in [3.05, 3.63) is 59.7 Å². The third-order valence-corrected chi connectivity index (χ3v) is 12.7. The highest BCUT2D eigenvalue weighted by Gasteiger charge is 2.61. The van der Waals surface area contributed by atoms with Crippen molar-refractivity contribution in [3.8, 4) is 0 Å². The summed E-state index contributed by atoms with van der Waals surface area (Å²) in [6.45, 7) is 7.12. The van der Waals surface area contributed by atoms with Crippen molar-refractivity contribution in [1.29, 1.82) is 0 Å². The molecule has 0 saturated heterocycles. The van der Waals surface area contributed by atoms with E-state index >= 15 is 0 Å².